The van der Waals surface area contributed by atoms with Gasteiger partial charge in [-0.15, -0.1) is 0 Å². The zero-order chi connectivity index (χ0) is 23.2. The molecule has 1 N–H and O–H groups in total. The predicted molar refractivity (Wildman–Crippen MR) is 141 cm³/mol. The van der Waals surface area contributed by atoms with E-state index >= 15 is 0 Å². The lowest BCUT2D eigenvalue weighted by Gasteiger charge is -2.57. The number of hydrogen-bond donors (Lipinski definition) is 1. The molecule has 0 aliphatic heterocycles. The Kier molecular flexibility index (Phi) is 5.64. The third kappa shape index (κ3) is 3.64. The average Bonchev–Trinajstić information content (AvgIpc) is 2.85. The van der Waals surface area contributed by atoms with E-state index < -0.39 is 10.2 Å². The van der Waals surface area contributed by atoms with Crippen LogP contribution in [0.25, 0.3) is 0 Å². The van der Waals surface area contributed by atoms with Crippen LogP contribution in [-0.2, 0) is 10.2 Å². The highest BCUT2D eigenvalue weighted by Crippen LogP contribution is 2.56. The smallest absolute Gasteiger partial charge is 0.235 e. The number of halogens is 1. The van der Waals surface area contributed by atoms with Crippen LogP contribution in [0, 0.1) is 17.8 Å². The Morgan fingerprint density at radius 2 is 1.06 bits per heavy atom. The number of amides is 1. The number of carbonyl (C=O) groups is 1. The summed E-state index contributed by atoms with van der Waals surface area (Å²) in [6.07, 6.45) is 7.57. The standard InChI is InChI=1S/C31H32BrNO/c32-28(29(34)33-30-19-22-16-23(20-30)18-24(17-22)21-30)31(25-10-4-1-5-11-25,26-12-6-2-7-13-26)27-14-8-3-9-15-27/h1-15,22-24,28H,16-21H2,(H,33,34). The van der Waals surface area contributed by atoms with Crippen LogP contribution in [0.4, 0.5) is 0 Å². The second kappa shape index (κ2) is 8.68. The van der Waals surface area contributed by atoms with Crippen LogP contribution in [-0.4, -0.2) is 16.3 Å². The molecule has 4 aliphatic carbocycles. The molecule has 0 heterocycles. The minimum atomic E-state index is -0.643. The van der Waals surface area contributed by atoms with Gasteiger partial charge in [0, 0.05) is 5.54 Å². The number of carbonyl (C=O) groups excluding carboxylic acids is 1. The molecule has 3 heteroatoms. The molecule has 1 amide bonds. The fourth-order valence-corrected chi connectivity index (χ4v) is 8.73. The molecule has 2 nitrogen and oxygen atoms in total. The van der Waals surface area contributed by atoms with Gasteiger partial charge in [-0.3, -0.25) is 4.79 Å². The van der Waals surface area contributed by atoms with Crippen LogP contribution < -0.4 is 5.32 Å². The molecule has 4 fully saturated rings. The summed E-state index contributed by atoms with van der Waals surface area (Å²) in [6, 6.07) is 31.5. The zero-order valence-corrected chi connectivity index (χ0v) is 21.1. The highest BCUT2D eigenvalue weighted by molar-refractivity contribution is 9.10. The summed E-state index contributed by atoms with van der Waals surface area (Å²) in [7, 11) is 0. The number of nitrogens with one attached hydrogen (secondary N) is 1. The quantitative estimate of drug-likeness (QED) is 0.282. The summed E-state index contributed by atoms with van der Waals surface area (Å²) >= 11 is 4.00. The first-order chi connectivity index (χ1) is 16.6. The van der Waals surface area contributed by atoms with Crippen LogP contribution in [0.3, 0.4) is 0 Å². The molecule has 34 heavy (non-hydrogen) atoms. The number of alkyl halides is 1. The van der Waals surface area contributed by atoms with E-state index in [2.05, 4.69) is 94.0 Å². The largest absolute Gasteiger partial charge is 0.350 e. The van der Waals surface area contributed by atoms with Gasteiger partial charge in [0.25, 0.3) is 0 Å². The van der Waals surface area contributed by atoms with Gasteiger partial charge in [0.05, 0.1) is 5.41 Å². The Balaban J connectivity index is 1.45. The minimum absolute atomic E-state index is 0.0202. The minimum Gasteiger partial charge on any atom is -0.350 e. The Labute approximate surface area is 211 Å². The lowest BCUT2D eigenvalue weighted by molar-refractivity contribution is -0.126. The van der Waals surface area contributed by atoms with Gasteiger partial charge in [0.2, 0.25) is 5.91 Å². The molecular weight excluding hydrogens is 482 g/mol. The molecule has 3 aromatic carbocycles. The zero-order valence-electron chi connectivity index (χ0n) is 19.5. The maximum atomic E-state index is 14.2. The summed E-state index contributed by atoms with van der Waals surface area (Å²) in [6.45, 7) is 0. The van der Waals surface area contributed by atoms with Crippen LogP contribution in [0.15, 0.2) is 91.0 Å². The number of benzene rings is 3. The van der Waals surface area contributed by atoms with Crippen molar-refractivity contribution in [2.24, 2.45) is 17.8 Å². The first-order valence-corrected chi connectivity index (χ1v) is 13.6. The van der Waals surface area contributed by atoms with E-state index in [1.165, 1.54) is 19.3 Å². The molecule has 0 saturated heterocycles. The van der Waals surface area contributed by atoms with Crippen molar-refractivity contribution in [3.63, 3.8) is 0 Å². The van der Waals surface area contributed by atoms with Crippen molar-refractivity contribution in [2.75, 3.05) is 0 Å². The normalized spacial score (nSPS) is 28.4. The summed E-state index contributed by atoms with van der Waals surface area (Å²) in [5.41, 5.74) is 2.70. The van der Waals surface area contributed by atoms with E-state index in [9.17, 15) is 4.79 Å². The molecule has 1 unspecified atom stereocenters. The van der Waals surface area contributed by atoms with Crippen molar-refractivity contribution in [1.29, 1.82) is 0 Å². The van der Waals surface area contributed by atoms with Gasteiger partial charge >= 0.3 is 0 Å². The van der Waals surface area contributed by atoms with Crippen molar-refractivity contribution in [1.82, 2.24) is 5.32 Å². The number of hydrogen-bond acceptors (Lipinski definition) is 1. The lowest BCUT2D eigenvalue weighted by atomic mass is 9.53. The highest BCUT2D eigenvalue weighted by Gasteiger charge is 2.53. The van der Waals surface area contributed by atoms with Crippen molar-refractivity contribution in [3.8, 4) is 0 Å². The van der Waals surface area contributed by atoms with E-state index in [0.717, 1.165) is 53.7 Å². The fourth-order valence-electron chi connectivity index (χ4n) is 7.83. The molecule has 4 bridgehead atoms. The van der Waals surface area contributed by atoms with E-state index in [4.69, 9.17) is 0 Å². The second-order valence-corrected chi connectivity index (χ2v) is 11.9. The topological polar surface area (TPSA) is 29.1 Å². The predicted octanol–water partition coefficient (Wildman–Crippen LogP) is 6.87. The Morgan fingerprint density at radius 3 is 1.41 bits per heavy atom. The molecule has 0 spiro atoms. The van der Waals surface area contributed by atoms with E-state index in [-0.39, 0.29) is 11.4 Å². The van der Waals surface area contributed by atoms with Gasteiger partial charge in [-0.1, -0.05) is 107 Å². The fraction of sp³-hybridized carbons (Fsp3) is 0.387. The average molecular weight is 515 g/mol. The third-order valence-electron chi connectivity index (χ3n) is 8.72. The first kappa shape index (κ1) is 22.1. The van der Waals surface area contributed by atoms with E-state index in [0.29, 0.717) is 0 Å². The van der Waals surface area contributed by atoms with Crippen molar-refractivity contribution in [2.45, 2.75) is 54.3 Å². The maximum absolute atomic E-state index is 14.2. The molecule has 0 radical (unpaired) electrons. The van der Waals surface area contributed by atoms with Crippen molar-refractivity contribution in [3.05, 3.63) is 108 Å². The van der Waals surface area contributed by atoms with Gasteiger partial charge in [0.1, 0.15) is 4.83 Å². The maximum Gasteiger partial charge on any atom is 0.235 e. The molecule has 7 rings (SSSR count). The van der Waals surface area contributed by atoms with Gasteiger partial charge in [-0.05, 0) is 73.0 Å². The summed E-state index contributed by atoms with van der Waals surface area (Å²) in [4.78, 5) is 13.8. The third-order valence-corrected chi connectivity index (χ3v) is 9.83. The van der Waals surface area contributed by atoms with E-state index in [1.807, 2.05) is 18.2 Å². The molecule has 174 valence electrons. The first-order valence-electron chi connectivity index (χ1n) is 12.7. The summed E-state index contributed by atoms with van der Waals surface area (Å²) in [5.74, 6) is 2.49. The molecular formula is C31H32BrNO. The van der Waals surface area contributed by atoms with Crippen LogP contribution in [0.1, 0.15) is 55.2 Å². The highest BCUT2D eigenvalue weighted by atomic mass is 79.9. The Morgan fingerprint density at radius 1 is 0.706 bits per heavy atom. The van der Waals surface area contributed by atoms with Crippen molar-refractivity contribution < 1.29 is 4.79 Å². The SMILES string of the molecule is O=C(NC12CC3CC(CC(C3)C1)C2)C(Br)C(c1ccccc1)(c1ccccc1)c1ccccc1. The monoisotopic (exact) mass is 513 g/mol. The summed E-state index contributed by atoms with van der Waals surface area (Å²) < 4.78 is 0. The van der Waals surface area contributed by atoms with Gasteiger partial charge in [-0.25, -0.2) is 0 Å². The van der Waals surface area contributed by atoms with E-state index in [1.54, 1.807) is 0 Å². The van der Waals surface area contributed by atoms with Crippen LogP contribution in [0.2, 0.25) is 0 Å². The van der Waals surface area contributed by atoms with Gasteiger partial charge in [-0.2, -0.15) is 0 Å². The van der Waals surface area contributed by atoms with Gasteiger partial charge in [0.15, 0.2) is 0 Å². The summed E-state index contributed by atoms with van der Waals surface area (Å²) in [5, 5.41) is 3.65. The number of rotatable bonds is 6. The van der Waals surface area contributed by atoms with Crippen LogP contribution >= 0.6 is 15.9 Å². The second-order valence-electron chi connectivity index (χ2n) is 11.0. The van der Waals surface area contributed by atoms with Crippen molar-refractivity contribution >= 4 is 21.8 Å². The molecule has 1 atom stereocenters. The van der Waals surface area contributed by atoms with Crippen LogP contribution in [0.5, 0.6) is 0 Å². The van der Waals surface area contributed by atoms with Gasteiger partial charge < -0.3 is 5.32 Å². The Bertz CT molecular complexity index is 1010. The molecule has 0 aromatic heterocycles. The Hall–Kier alpha value is -2.39. The molecule has 3 aromatic rings. The molecule has 4 aliphatic rings. The molecule has 4 saturated carbocycles. The lowest BCUT2D eigenvalue weighted by Crippen LogP contribution is -2.62.